The molecule has 0 fully saturated rings. The van der Waals surface area contributed by atoms with E-state index in [-0.39, 0.29) is 12.3 Å². The molecule has 0 aliphatic carbocycles. The molecule has 1 aromatic heterocycles. The van der Waals surface area contributed by atoms with Crippen LogP contribution in [-0.4, -0.2) is 12.3 Å². The number of nitrogens with two attached hydrogens (primary N) is 1. The number of rotatable bonds is 2. The molecule has 0 unspecified atom stereocenters. The lowest BCUT2D eigenvalue weighted by molar-refractivity contribution is 0.100. The Bertz CT molecular complexity index is 492. The molecular weight excluding hydrogens is 262 g/mol. The maximum Gasteiger partial charge on any atom is 0.177 e. The SMILES string of the molecule is NCC(=O)c1csc2ccc(Br)cc12. The fourth-order valence-electron chi connectivity index (χ4n) is 1.33. The van der Waals surface area contributed by atoms with Gasteiger partial charge in [0.05, 0.1) is 6.54 Å². The summed E-state index contributed by atoms with van der Waals surface area (Å²) in [5, 5.41) is 2.85. The summed E-state index contributed by atoms with van der Waals surface area (Å²) in [4.78, 5) is 11.5. The average molecular weight is 270 g/mol. The number of hydrogen-bond acceptors (Lipinski definition) is 3. The van der Waals surface area contributed by atoms with Crippen LogP contribution in [0.15, 0.2) is 28.1 Å². The lowest BCUT2D eigenvalue weighted by atomic mass is 10.1. The fourth-order valence-corrected chi connectivity index (χ4v) is 2.63. The molecule has 1 heterocycles. The van der Waals surface area contributed by atoms with Crippen LogP contribution < -0.4 is 5.73 Å². The molecule has 4 heteroatoms. The van der Waals surface area contributed by atoms with E-state index in [4.69, 9.17) is 5.73 Å². The van der Waals surface area contributed by atoms with Gasteiger partial charge in [-0.1, -0.05) is 15.9 Å². The monoisotopic (exact) mass is 269 g/mol. The number of carbonyl (C=O) groups excluding carboxylic acids is 1. The number of hydrogen-bond donors (Lipinski definition) is 1. The molecule has 2 aromatic rings. The van der Waals surface area contributed by atoms with Gasteiger partial charge in [-0.15, -0.1) is 11.3 Å². The van der Waals surface area contributed by atoms with Crippen LogP contribution in [0.3, 0.4) is 0 Å². The van der Waals surface area contributed by atoms with Gasteiger partial charge in [0.1, 0.15) is 0 Å². The van der Waals surface area contributed by atoms with E-state index in [1.807, 2.05) is 23.6 Å². The molecule has 2 nitrogen and oxygen atoms in total. The Morgan fingerprint density at radius 1 is 1.50 bits per heavy atom. The Kier molecular flexibility index (Phi) is 2.67. The van der Waals surface area contributed by atoms with E-state index in [0.717, 1.165) is 20.1 Å². The van der Waals surface area contributed by atoms with Crippen molar-refractivity contribution in [1.82, 2.24) is 0 Å². The van der Waals surface area contributed by atoms with Gasteiger partial charge in [-0.2, -0.15) is 0 Å². The number of ketones is 1. The van der Waals surface area contributed by atoms with Gasteiger partial charge in [0, 0.05) is 25.5 Å². The van der Waals surface area contributed by atoms with Gasteiger partial charge in [-0.05, 0) is 18.2 Å². The molecule has 0 atom stereocenters. The van der Waals surface area contributed by atoms with Gasteiger partial charge in [-0.3, -0.25) is 4.79 Å². The van der Waals surface area contributed by atoms with Gasteiger partial charge in [0.15, 0.2) is 5.78 Å². The maximum atomic E-state index is 11.5. The molecule has 0 radical (unpaired) electrons. The van der Waals surface area contributed by atoms with Crippen molar-refractivity contribution in [2.45, 2.75) is 0 Å². The molecule has 0 saturated carbocycles. The second-order valence-electron chi connectivity index (χ2n) is 2.92. The van der Waals surface area contributed by atoms with Crippen LogP contribution in [0.5, 0.6) is 0 Å². The highest BCUT2D eigenvalue weighted by Gasteiger charge is 2.10. The summed E-state index contributed by atoms with van der Waals surface area (Å²) in [6.45, 7) is 0.0678. The van der Waals surface area contributed by atoms with Crippen molar-refractivity contribution in [3.8, 4) is 0 Å². The Balaban J connectivity index is 2.67. The second kappa shape index (κ2) is 3.81. The minimum atomic E-state index is -0.00523. The van der Waals surface area contributed by atoms with Crippen LogP contribution in [0.1, 0.15) is 10.4 Å². The molecule has 0 bridgehead atoms. The third-order valence-electron chi connectivity index (χ3n) is 2.02. The number of benzene rings is 1. The summed E-state index contributed by atoms with van der Waals surface area (Å²) in [7, 11) is 0. The molecule has 0 saturated heterocycles. The van der Waals surface area contributed by atoms with E-state index in [0.29, 0.717) is 0 Å². The van der Waals surface area contributed by atoms with Crippen molar-refractivity contribution in [1.29, 1.82) is 0 Å². The number of fused-ring (bicyclic) bond motifs is 1. The molecule has 0 amide bonds. The Labute approximate surface area is 93.9 Å². The van der Waals surface area contributed by atoms with E-state index in [2.05, 4.69) is 15.9 Å². The molecule has 1 aromatic carbocycles. The summed E-state index contributed by atoms with van der Waals surface area (Å²) in [5.74, 6) is -0.00523. The molecule has 0 aliphatic heterocycles. The average Bonchev–Trinajstić information content (AvgIpc) is 2.59. The first-order valence-corrected chi connectivity index (χ1v) is 5.79. The van der Waals surface area contributed by atoms with Gasteiger partial charge >= 0.3 is 0 Å². The standard InChI is InChI=1S/C10H8BrNOS/c11-6-1-2-10-7(3-6)8(5-14-10)9(13)4-12/h1-3,5H,4,12H2. The number of halogens is 1. The third-order valence-corrected chi connectivity index (χ3v) is 3.48. The molecular formula is C10H8BrNOS. The Hall–Kier alpha value is -0.710. The highest BCUT2D eigenvalue weighted by molar-refractivity contribution is 9.10. The minimum absolute atomic E-state index is 0.00523. The van der Waals surface area contributed by atoms with E-state index >= 15 is 0 Å². The summed E-state index contributed by atoms with van der Waals surface area (Å²) in [5.41, 5.74) is 6.07. The maximum absolute atomic E-state index is 11.5. The fraction of sp³-hybridized carbons (Fsp3) is 0.100. The lowest BCUT2D eigenvalue weighted by Crippen LogP contribution is -2.12. The van der Waals surface area contributed by atoms with E-state index in [1.54, 1.807) is 11.3 Å². The molecule has 14 heavy (non-hydrogen) atoms. The van der Waals surface area contributed by atoms with Crippen LogP contribution in [0.25, 0.3) is 10.1 Å². The van der Waals surface area contributed by atoms with E-state index < -0.39 is 0 Å². The first kappa shape index (κ1) is 9.83. The lowest BCUT2D eigenvalue weighted by Gasteiger charge is -1.96. The molecule has 2 rings (SSSR count). The van der Waals surface area contributed by atoms with E-state index in [9.17, 15) is 4.79 Å². The zero-order chi connectivity index (χ0) is 10.1. The molecule has 2 N–H and O–H groups in total. The first-order chi connectivity index (χ1) is 6.72. The normalized spacial score (nSPS) is 10.7. The summed E-state index contributed by atoms with van der Waals surface area (Å²) >= 11 is 4.95. The van der Waals surface area contributed by atoms with Crippen LogP contribution in [0, 0.1) is 0 Å². The van der Waals surface area contributed by atoms with Gasteiger partial charge < -0.3 is 5.73 Å². The topological polar surface area (TPSA) is 43.1 Å². The highest BCUT2D eigenvalue weighted by atomic mass is 79.9. The van der Waals surface area contributed by atoms with Crippen LogP contribution in [-0.2, 0) is 0 Å². The predicted molar refractivity (Wildman–Crippen MR) is 62.9 cm³/mol. The predicted octanol–water partition coefficient (Wildman–Crippen LogP) is 2.81. The van der Waals surface area contributed by atoms with Crippen molar-refractivity contribution in [2.75, 3.05) is 6.54 Å². The molecule has 0 aliphatic rings. The van der Waals surface area contributed by atoms with Crippen molar-refractivity contribution in [2.24, 2.45) is 5.73 Å². The number of thiophene rings is 1. The Morgan fingerprint density at radius 3 is 3.00 bits per heavy atom. The van der Waals surface area contributed by atoms with Gasteiger partial charge in [-0.25, -0.2) is 0 Å². The first-order valence-electron chi connectivity index (χ1n) is 4.12. The summed E-state index contributed by atoms with van der Waals surface area (Å²) in [6, 6.07) is 5.92. The van der Waals surface area contributed by atoms with Crippen molar-refractivity contribution >= 4 is 43.1 Å². The molecule has 0 spiro atoms. The number of carbonyl (C=O) groups is 1. The van der Waals surface area contributed by atoms with Crippen molar-refractivity contribution in [3.63, 3.8) is 0 Å². The van der Waals surface area contributed by atoms with Crippen LogP contribution in [0.4, 0.5) is 0 Å². The number of Topliss-reactive ketones (excluding diaryl/α,β-unsaturated/α-hetero) is 1. The minimum Gasteiger partial charge on any atom is -0.324 e. The summed E-state index contributed by atoms with van der Waals surface area (Å²) < 4.78 is 2.10. The zero-order valence-corrected chi connectivity index (χ0v) is 9.69. The van der Waals surface area contributed by atoms with Crippen LogP contribution in [0.2, 0.25) is 0 Å². The van der Waals surface area contributed by atoms with Gasteiger partial charge in [0.2, 0.25) is 0 Å². The molecule has 72 valence electrons. The van der Waals surface area contributed by atoms with Crippen molar-refractivity contribution < 1.29 is 4.79 Å². The Morgan fingerprint density at radius 2 is 2.29 bits per heavy atom. The van der Waals surface area contributed by atoms with Gasteiger partial charge in [0.25, 0.3) is 0 Å². The van der Waals surface area contributed by atoms with Crippen LogP contribution >= 0.6 is 27.3 Å². The summed E-state index contributed by atoms with van der Waals surface area (Å²) in [6.07, 6.45) is 0. The highest BCUT2D eigenvalue weighted by Crippen LogP contribution is 2.28. The second-order valence-corrected chi connectivity index (χ2v) is 4.74. The van der Waals surface area contributed by atoms with E-state index in [1.165, 1.54) is 0 Å². The quantitative estimate of drug-likeness (QED) is 0.853. The zero-order valence-electron chi connectivity index (χ0n) is 7.29. The largest absolute Gasteiger partial charge is 0.324 e. The van der Waals surface area contributed by atoms with Crippen molar-refractivity contribution in [3.05, 3.63) is 33.6 Å². The third kappa shape index (κ3) is 1.61. The smallest absolute Gasteiger partial charge is 0.177 e.